The maximum Gasteiger partial charge on any atom is 0.221 e. The summed E-state index contributed by atoms with van der Waals surface area (Å²) in [4.78, 5) is 13.6. The minimum absolute atomic E-state index is 0.0831. The van der Waals surface area contributed by atoms with Gasteiger partial charge in [0.1, 0.15) is 0 Å². The molecule has 0 spiro atoms. The second-order valence-corrected chi connectivity index (χ2v) is 4.30. The molecule has 15 heavy (non-hydrogen) atoms. The third-order valence-electron chi connectivity index (χ3n) is 3.08. The molecule has 0 saturated heterocycles. The predicted octanol–water partition coefficient (Wildman–Crippen LogP) is 0.182. The largest absolute Gasteiger partial charge is 0.359 e. The number of nitrogens with zero attached hydrogens (tertiary/aromatic N) is 1. The molecule has 1 amide bonds. The Kier molecular flexibility index (Phi) is 5.05. The number of likely N-dealkylation sites (N-methyl/N-ethyl adjacent to an activating group) is 1. The van der Waals surface area contributed by atoms with E-state index in [0.29, 0.717) is 13.0 Å². The average Bonchev–Trinajstić information content (AvgIpc) is 3.06. The lowest BCUT2D eigenvalue weighted by Gasteiger charge is -2.29. The van der Waals surface area contributed by atoms with Crippen molar-refractivity contribution in [1.29, 1.82) is 0 Å². The summed E-state index contributed by atoms with van der Waals surface area (Å²) in [6, 6.07) is 0.204. The molecule has 1 aliphatic carbocycles. The van der Waals surface area contributed by atoms with Gasteiger partial charge in [-0.3, -0.25) is 9.69 Å². The average molecular weight is 213 g/mol. The molecule has 0 aliphatic heterocycles. The Morgan fingerprint density at radius 1 is 1.60 bits per heavy atom. The summed E-state index contributed by atoms with van der Waals surface area (Å²) >= 11 is 0. The minimum atomic E-state index is 0.0831. The third-order valence-corrected chi connectivity index (χ3v) is 3.08. The van der Waals surface area contributed by atoms with Crippen molar-refractivity contribution in [3.05, 3.63) is 0 Å². The van der Waals surface area contributed by atoms with Crippen LogP contribution in [-0.4, -0.2) is 43.5 Å². The molecular weight excluding hydrogens is 190 g/mol. The van der Waals surface area contributed by atoms with Gasteiger partial charge in [-0.15, -0.1) is 0 Å². The number of hydrogen-bond donors (Lipinski definition) is 2. The summed E-state index contributed by atoms with van der Waals surface area (Å²) in [5.41, 5.74) is 5.73. The fourth-order valence-electron chi connectivity index (χ4n) is 1.85. The van der Waals surface area contributed by atoms with Gasteiger partial charge in [0.15, 0.2) is 0 Å². The van der Waals surface area contributed by atoms with Gasteiger partial charge in [-0.2, -0.15) is 0 Å². The molecule has 0 heterocycles. The standard InChI is InChI=1S/C11H23N3O/c1-3-14(8-9-4-5-9)10(7-12)6-11(15)13-2/h9-10H,3-8,12H2,1-2H3,(H,13,15). The van der Waals surface area contributed by atoms with E-state index < -0.39 is 0 Å². The van der Waals surface area contributed by atoms with Gasteiger partial charge in [0, 0.05) is 32.6 Å². The van der Waals surface area contributed by atoms with Gasteiger partial charge in [-0.05, 0) is 25.3 Å². The number of nitrogens with one attached hydrogen (secondary N) is 1. The van der Waals surface area contributed by atoms with E-state index in [-0.39, 0.29) is 11.9 Å². The van der Waals surface area contributed by atoms with Gasteiger partial charge >= 0.3 is 0 Å². The molecule has 1 fully saturated rings. The second-order valence-electron chi connectivity index (χ2n) is 4.30. The minimum Gasteiger partial charge on any atom is -0.359 e. The number of hydrogen-bond acceptors (Lipinski definition) is 3. The number of rotatable bonds is 7. The zero-order chi connectivity index (χ0) is 11.3. The highest BCUT2D eigenvalue weighted by Crippen LogP contribution is 2.30. The fraction of sp³-hybridized carbons (Fsp3) is 0.909. The first-order valence-electron chi connectivity index (χ1n) is 5.85. The first-order chi connectivity index (χ1) is 7.21. The first kappa shape index (κ1) is 12.5. The molecule has 1 saturated carbocycles. The lowest BCUT2D eigenvalue weighted by molar-refractivity contribution is -0.121. The van der Waals surface area contributed by atoms with Gasteiger partial charge in [0.2, 0.25) is 5.91 Å². The lowest BCUT2D eigenvalue weighted by atomic mass is 10.1. The first-order valence-corrected chi connectivity index (χ1v) is 5.85. The van der Waals surface area contributed by atoms with E-state index in [1.807, 2.05) is 0 Å². The van der Waals surface area contributed by atoms with Crippen molar-refractivity contribution in [2.45, 2.75) is 32.2 Å². The molecule has 0 aromatic rings. The van der Waals surface area contributed by atoms with Crippen LogP contribution in [0.15, 0.2) is 0 Å². The zero-order valence-corrected chi connectivity index (χ0v) is 9.83. The molecule has 0 aromatic heterocycles. The van der Waals surface area contributed by atoms with Crippen LogP contribution in [0.5, 0.6) is 0 Å². The van der Waals surface area contributed by atoms with Crippen LogP contribution in [0.25, 0.3) is 0 Å². The van der Waals surface area contributed by atoms with Crippen molar-refractivity contribution in [2.24, 2.45) is 11.7 Å². The van der Waals surface area contributed by atoms with Crippen molar-refractivity contribution in [3.8, 4) is 0 Å². The smallest absolute Gasteiger partial charge is 0.221 e. The van der Waals surface area contributed by atoms with Gasteiger partial charge in [-0.1, -0.05) is 6.92 Å². The van der Waals surface area contributed by atoms with Crippen molar-refractivity contribution in [2.75, 3.05) is 26.7 Å². The summed E-state index contributed by atoms with van der Waals surface area (Å²) < 4.78 is 0. The molecular formula is C11H23N3O. The van der Waals surface area contributed by atoms with Gasteiger partial charge in [0.05, 0.1) is 0 Å². The highest BCUT2D eigenvalue weighted by Gasteiger charge is 2.27. The van der Waals surface area contributed by atoms with Crippen molar-refractivity contribution < 1.29 is 4.79 Å². The molecule has 1 atom stereocenters. The summed E-state index contributed by atoms with van der Waals surface area (Å²) in [5, 5.41) is 2.66. The third kappa shape index (κ3) is 4.18. The Hall–Kier alpha value is -0.610. The molecule has 1 rings (SSSR count). The van der Waals surface area contributed by atoms with Crippen LogP contribution in [0.3, 0.4) is 0 Å². The van der Waals surface area contributed by atoms with Crippen LogP contribution >= 0.6 is 0 Å². The highest BCUT2D eigenvalue weighted by atomic mass is 16.1. The second kappa shape index (κ2) is 6.08. The van der Waals surface area contributed by atoms with E-state index in [4.69, 9.17) is 5.73 Å². The molecule has 4 heteroatoms. The quantitative estimate of drug-likeness (QED) is 0.634. The summed E-state index contributed by atoms with van der Waals surface area (Å²) in [7, 11) is 1.67. The van der Waals surface area contributed by atoms with E-state index in [2.05, 4.69) is 17.1 Å². The summed E-state index contributed by atoms with van der Waals surface area (Å²) in [5.74, 6) is 0.934. The van der Waals surface area contributed by atoms with Crippen LogP contribution < -0.4 is 11.1 Å². The van der Waals surface area contributed by atoms with Crippen molar-refractivity contribution in [3.63, 3.8) is 0 Å². The van der Waals surface area contributed by atoms with Crippen LogP contribution in [0, 0.1) is 5.92 Å². The Bertz CT molecular complexity index is 204. The zero-order valence-electron chi connectivity index (χ0n) is 9.83. The molecule has 4 nitrogen and oxygen atoms in total. The van der Waals surface area contributed by atoms with Crippen LogP contribution in [0.4, 0.5) is 0 Å². The monoisotopic (exact) mass is 213 g/mol. The van der Waals surface area contributed by atoms with Gasteiger partial charge in [-0.25, -0.2) is 0 Å². The van der Waals surface area contributed by atoms with E-state index in [0.717, 1.165) is 19.0 Å². The fourth-order valence-corrected chi connectivity index (χ4v) is 1.85. The normalized spacial score (nSPS) is 17.9. The molecule has 88 valence electrons. The summed E-state index contributed by atoms with van der Waals surface area (Å²) in [6.45, 7) is 4.79. The molecule has 0 bridgehead atoms. The molecule has 0 aromatic carbocycles. The van der Waals surface area contributed by atoms with E-state index in [9.17, 15) is 4.79 Å². The Labute approximate surface area is 92.2 Å². The van der Waals surface area contributed by atoms with Gasteiger partial charge in [0.25, 0.3) is 0 Å². The van der Waals surface area contributed by atoms with E-state index >= 15 is 0 Å². The van der Waals surface area contributed by atoms with Crippen LogP contribution in [0.2, 0.25) is 0 Å². The predicted molar refractivity (Wildman–Crippen MR) is 61.5 cm³/mol. The SMILES string of the molecule is CCN(CC1CC1)C(CN)CC(=O)NC. The Morgan fingerprint density at radius 2 is 2.27 bits per heavy atom. The van der Waals surface area contributed by atoms with Crippen molar-refractivity contribution in [1.82, 2.24) is 10.2 Å². The Morgan fingerprint density at radius 3 is 2.67 bits per heavy atom. The number of carbonyl (C=O) groups excluding carboxylic acids is 1. The topological polar surface area (TPSA) is 58.4 Å². The molecule has 3 N–H and O–H groups in total. The van der Waals surface area contributed by atoms with Crippen LogP contribution in [0.1, 0.15) is 26.2 Å². The lowest BCUT2D eigenvalue weighted by Crippen LogP contribution is -2.44. The Balaban J connectivity index is 2.40. The number of nitrogens with two attached hydrogens (primary N) is 1. The maximum absolute atomic E-state index is 11.3. The molecule has 1 unspecified atom stereocenters. The van der Waals surface area contributed by atoms with E-state index in [1.54, 1.807) is 7.05 Å². The molecule has 0 radical (unpaired) electrons. The maximum atomic E-state index is 11.3. The molecule has 1 aliphatic rings. The number of carbonyl (C=O) groups is 1. The van der Waals surface area contributed by atoms with E-state index in [1.165, 1.54) is 12.8 Å². The van der Waals surface area contributed by atoms with Gasteiger partial charge < -0.3 is 11.1 Å². The highest BCUT2D eigenvalue weighted by molar-refractivity contribution is 5.76. The van der Waals surface area contributed by atoms with Crippen LogP contribution in [-0.2, 0) is 4.79 Å². The van der Waals surface area contributed by atoms with Crippen molar-refractivity contribution >= 4 is 5.91 Å². The number of amides is 1. The summed E-state index contributed by atoms with van der Waals surface area (Å²) in [6.07, 6.45) is 3.20.